The number of hydrogen-bond acceptors (Lipinski definition) is 2. The van der Waals surface area contributed by atoms with Gasteiger partial charge in [-0.1, -0.05) is 11.6 Å². The van der Waals surface area contributed by atoms with Gasteiger partial charge in [-0.2, -0.15) is 13.2 Å². The molecule has 0 aliphatic carbocycles. The molecule has 0 bridgehead atoms. The van der Waals surface area contributed by atoms with Crippen LogP contribution in [0, 0.1) is 0 Å². The first kappa shape index (κ1) is 13.0. The molecule has 0 aliphatic rings. The summed E-state index contributed by atoms with van der Waals surface area (Å²) in [7, 11) is 1.56. The van der Waals surface area contributed by atoms with Gasteiger partial charge in [0.15, 0.2) is 0 Å². The number of hydrogen-bond donors (Lipinski definition) is 1. The topological polar surface area (TPSA) is 29.3 Å². The second kappa shape index (κ2) is 4.82. The first-order valence-electron chi connectivity index (χ1n) is 4.62. The van der Waals surface area contributed by atoms with Crippen molar-refractivity contribution in [2.45, 2.75) is 12.6 Å². The van der Waals surface area contributed by atoms with Gasteiger partial charge in [0.1, 0.15) is 0 Å². The highest BCUT2D eigenvalue weighted by Crippen LogP contribution is 2.27. The summed E-state index contributed by atoms with van der Waals surface area (Å²) < 4.78 is 36.1. The van der Waals surface area contributed by atoms with Gasteiger partial charge in [-0.15, -0.1) is 0 Å². The monoisotopic (exact) mass is 252 g/mol. The molecule has 6 heteroatoms. The zero-order valence-electron chi connectivity index (χ0n) is 8.68. The molecule has 0 radical (unpaired) electrons. The Hall–Kier alpha value is -1.10. The van der Waals surface area contributed by atoms with Gasteiger partial charge in [0.05, 0.1) is 17.8 Å². The van der Waals surface area contributed by atoms with Crippen LogP contribution in [-0.4, -0.2) is 19.8 Å². The number of anilines is 2. The zero-order valence-corrected chi connectivity index (χ0v) is 9.44. The van der Waals surface area contributed by atoms with Gasteiger partial charge >= 0.3 is 6.18 Å². The SMILES string of the molecule is CN(CCC(F)(F)F)c1ccc(Cl)cc1N. The number of nitrogen functional groups attached to an aromatic ring is 1. The van der Waals surface area contributed by atoms with E-state index in [1.807, 2.05) is 0 Å². The van der Waals surface area contributed by atoms with Crippen molar-refractivity contribution in [2.75, 3.05) is 24.2 Å². The molecule has 2 nitrogen and oxygen atoms in total. The van der Waals surface area contributed by atoms with Crippen molar-refractivity contribution in [2.24, 2.45) is 0 Å². The third-order valence-electron chi connectivity index (χ3n) is 2.13. The van der Waals surface area contributed by atoms with Crippen LogP contribution < -0.4 is 10.6 Å². The van der Waals surface area contributed by atoms with E-state index in [9.17, 15) is 13.2 Å². The van der Waals surface area contributed by atoms with Crippen LogP contribution in [0.2, 0.25) is 5.02 Å². The van der Waals surface area contributed by atoms with Crippen molar-refractivity contribution in [3.8, 4) is 0 Å². The molecular weight excluding hydrogens is 241 g/mol. The maximum atomic E-state index is 12.0. The lowest BCUT2D eigenvalue weighted by atomic mass is 10.2. The quantitative estimate of drug-likeness (QED) is 0.837. The highest BCUT2D eigenvalue weighted by Gasteiger charge is 2.27. The maximum absolute atomic E-state index is 12.0. The second-order valence-corrected chi connectivity index (χ2v) is 3.93. The number of alkyl halides is 3. The number of halogens is 4. The lowest BCUT2D eigenvalue weighted by Gasteiger charge is -2.21. The Labute approximate surface area is 96.8 Å². The number of nitrogens with two attached hydrogens (primary N) is 1. The molecule has 1 aromatic carbocycles. The summed E-state index contributed by atoms with van der Waals surface area (Å²) in [6, 6.07) is 4.71. The molecule has 0 heterocycles. The van der Waals surface area contributed by atoms with Crippen LogP contribution in [0.5, 0.6) is 0 Å². The summed E-state index contributed by atoms with van der Waals surface area (Å²) in [6.07, 6.45) is -5.03. The fraction of sp³-hybridized carbons (Fsp3) is 0.400. The minimum absolute atomic E-state index is 0.130. The maximum Gasteiger partial charge on any atom is 0.390 e. The summed E-state index contributed by atoms with van der Waals surface area (Å²) in [5, 5.41) is 0.463. The molecule has 1 rings (SSSR count). The zero-order chi connectivity index (χ0) is 12.3. The van der Waals surface area contributed by atoms with Gasteiger partial charge in [-0.3, -0.25) is 0 Å². The third-order valence-corrected chi connectivity index (χ3v) is 2.37. The van der Waals surface area contributed by atoms with E-state index in [4.69, 9.17) is 17.3 Å². The van der Waals surface area contributed by atoms with Crippen LogP contribution in [0.3, 0.4) is 0 Å². The number of rotatable bonds is 3. The standard InChI is InChI=1S/C10H12ClF3N2/c1-16(5-4-10(12,13)14)9-3-2-7(11)6-8(9)15/h2-3,6H,4-5,15H2,1H3. The largest absolute Gasteiger partial charge is 0.397 e. The number of benzene rings is 1. The van der Waals surface area contributed by atoms with E-state index >= 15 is 0 Å². The van der Waals surface area contributed by atoms with Crippen LogP contribution >= 0.6 is 11.6 Å². The molecule has 0 atom stereocenters. The molecule has 0 aliphatic heterocycles. The van der Waals surface area contributed by atoms with Crippen LogP contribution in [0.1, 0.15) is 6.42 Å². The minimum atomic E-state index is -4.16. The van der Waals surface area contributed by atoms with E-state index in [0.717, 1.165) is 0 Å². The van der Waals surface area contributed by atoms with Crippen molar-refractivity contribution in [1.82, 2.24) is 0 Å². The van der Waals surface area contributed by atoms with E-state index in [0.29, 0.717) is 16.4 Å². The van der Waals surface area contributed by atoms with Gasteiger partial charge in [-0.25, -0.2) is 0 Å². The second-order valence-electron chi connectivity index (χ2n) is 3.49. The Kier molecular flexibility index (Phi) is 3.91. The fourth-order valence-electron chi connectivity index (χ4n) is 1.29. The molecule has 2 N–H and O–H groups in total. The molecule has 16 heavy (non-hydrogen) atoms. The molecule has 0 saturated heterocycles. The molecule has 0 aromatic heterocycles. The van der Waals surface area contributed by atoms with Gasteiger partial charge in [0.2, 0.25) is 0 Å². The first-order chi connectivity index (χ1) is 7.29. The van der Waals surface area contributed by atoms with Crippen LogP contribution in [0.4, 0.5) is 24.5 Å². The first-order valence-corrected chi connectivity index (χ1v) is 5.00. The molecular formula is C10H12ClF3N2. The predicted molar refractivity (Wildman–Crippen MR) is 59.8 cm³/mol. The van der Waals surface area contributed by atoms with E-state index in [2.05, 4.69) is 0 Å². The highest BCUT2D eigenvalue weighted by molar-refractivity contribution is 6.31. The van der Waals surface area contributed by atoms with Crippen molar-refractivity contribution >= 4 is 23.0 Å². The van der Waals surface area contributed by atoms with E-state index in [1.54, 1.807) is 19.2 Å². The Morgan fingerprint density at radius 2 is 2.00 bits per heavy atom. The van der Waals surface area contributed by atoms with Gasteiger partial charge in [-0.05, 0) is 18.2 Å². The van der Waals surface area contributed by atoms with Gasteiger partial charge in [0.25, 0.3) is 0 Å². The third kappa shape index (κ3) is 3.81. The highest BCUT2D eigenvalue weighted by atomic mass is 35.5. The normalized spacial score (nSPS) is 11.6. The molecule has 1 aromatic rings. The Morgan fingerprint density at radius 3 is 2.50 bits per heavy atom. The van der Waals surface area contributed by atoms with Crippen molar-refractivity contribution in [1.29, 1.82) is 0 Å². The molecule has 0 saturated carbocycles. The Morgan fingerprint density at radius 1 is 1.38 bits per heavy atom. The van der Waals surface area contributed by atoms with E-state index in [1.165, 1.54) is 11.0 Å². The lowest BCUT2D eigenvalue weighted by Crippen LogP contribution is -2.24. The van der Waals surface area contributed by atoms with Crippen LogP contribution in [0.15, 0.2) is 18.2 Å². The summed E-state index contributed by atoms with van der Waals surface area (Å²) >= 11 is 5.69. The summed E-state index contributed by atoms with van der Waals surface area (Å²) in [5.74, 6) is 0. The Balaban J connectivity index is 2.70. The van der Waals surface area contributed by atoms with Gasteiger partial charge in [0, 0.05) is 18.6 Å². The number of nitrogens with zero attached hydrogens (tertiary/aromatic N) is 1. The molecule has 0 fully saturated rings. The smallest absolute Gasteiger partial charge is 0.390 e. The van der Waals surface area contributed by atoms with Crippen molar-refractivity contribution in [3.05, 3.63) is 23.2 Å². The van der Waals surface area contributed by atoms with Crippen molar-refractivity contribution < 1.29 is 13.2 Å². The molecule has 0 spiro atoms. The Bertz CT molecular complexity index is 366. The van der Waals surface area contributed by atoms with E-state index < -0.39 is 12.6 Å². The van der Waals surface area contributed by atoms with Crippen molar-refractivity contribution in [3.63, 3.8) is 0 Å². The van der Waals surface area contributed by atoms with Crippen LogP contribution in [0.25, 0.3) is 0 Å². The average Bonchev–Trinajstić information content (AvgIpc) is 2.13. The van der Waals surface area contributed by atoms with Gasteiger partial charge < -0.3 is 10.6 Å². The summed E-state index contributed by atoms with van der Waals surface area (Å²) in [4.78, 5) is 1.46. The fourth-order valence-corrected chi connectivity index (χ4v) is 1.47. The lowest BCUT2D eigenvalue weighted by molar-refractivity contribution is -0.132. The summed E-state index contributed by atoms with van der Waals surface area (Å²) in [6.45, 7) is -0.130. The van der Waals surface area contributed by atoms with E-state index in [-0.39, 0.29) is 6.54 Å². The molecule has 0 amide bonds. The average molecular weight is 253 g/mol. The molecule has 0 unspecified atom stereocenters. The summed E-state index contributed by atoms with van der Waals surface area (Å²) in [5.41, 5.74) is 6.58. The van der Waals surface area contributed by atoms with Crippen LogP contribution in [-0.2, 0) is 0 Å². The minimum Gasteiger partial charge on any atom is -0.397 e. The molecule has 90 valence electrons. The predicted octanol–water partition coefficient (Wildman–Crippen LogP) is 3.31.